The van der Waals surface area contributed by atoms with E-state index in [2.05, 4.69) is 15.9 Å². The van der Waals surface area contributed by atoms with Crippen LogP contribution in [0.15, 0.2) is 18.2 Å². The SMILES string of the molecule is COc1cccc(C=O)c1OCCCCBr. The first-order chi connectivity index (χ1) is 7.83. The summed E-state index contributed by atoms with van der Waals surface area (Å²) in [6.07, 6.45) is 2.77. The number of carbonyl (C=O) groups is 1. The molecule has 0 atom stereocenters. The van der Waals surface area contributed by atoms with E-state index in [4.69, 9.17) is 9.47 Å². The third-order valence-electron chi connectivity index (χ3n) is 2.13. The molecule has 0 N–H and O–H groups in total. The van der Waals surface area contributed by atoms with Crippen LogP contribution in [-0.4, -0.2) is 25.3 Å². The molecule has 0 bridgehead atoms. The minimum atomic E-state index is 0.526. The van der Waals surface area contributed by atoms with Crippen LogP contribution in [0.3, 0.4) is 0 Å². The minimum absolute atomic E-state index is 0.526. The molecule has 0 aliphatic rings. The second-order valence-corrected chi connectivity index (χ2v) is 4.03. The maximum atomic E-state index is 10.8. The zero-order chi connectivity index (χ0) is 11.8. The molecule has 16 heavy (non-hydrogen) atoms. The fourth-order valence-electron chi connectivity index (χ4n) is 1.31. The van der Waals surface area contributed by atoms with Gasteiger partial charge in [0.05, 0.1) is 19.3 Å². The van der Waals surface area contributed by atoms with Crippen LogP contribution in [0.25, 0.3) is 0 Å². The van der Waals surface area contributed by atoms with Crippen molar-refractivity contribution < 1.29 is 14.3 Å². The standard InChI is InChI=1S/C12H15BrO3/c1-15-11-6-4-5-10(9-14)12(11)16-8-3-2-7-13/h4-6,9H,2-3,7-8H2,1H3. The fraction of sp³-hybridized carbons (Fsp3) is 0.417. The molecule has 0 saturated carbocycles. The highest BCUT2D eigenvalue weighted by molar-refractivity contribution is 9.09. The first-order valence-electron chi connectivity index (χ1n) is 5.14. The number of rotatable bonds is 7. The number of aldehydes is 1. The molecule has 0 aliphatic heterocycles. The molecule has 0 fully saturated rings. The smallest absolute Gasteiger partial charge is 0.171 e. The largest absolute Gasteiger partial charge is 0.493 e. The molecule has 1 aromatic carbocycles. The molecule has 0 radical (unpaired) electrons. The maximum absolute atomic E-state index is 10.8. The maximum Gasteiger partial charge on any atom is 0.171 e. The van der Waals surface area contributed by atoms with E-state index >= 15 is 0 Å². The molecular formula is C12H15BrO3. The van der Waals surface area contributed by atoms with Crippen LogP contribution in [0.5, 0.6) is 11.5 Å². The van der Waals surface area contributed by atoms with E-state index in [1.807, 2.05) is 0 Å². The Morgan fingerprint density at radius 3 is 2.81 bits per heavy atom. The molecule has 3 nitrogen and oxygen atoms in total. The summed E-state index contributed by atoms with van der Waals surface area (Å²) in [6.45, 7) is 0.590. The molecule has 88 valence electrons. The van der Waals surface area contributed by atoms with Gasteiger partial charge in [-0.15, -0.1) is 0 Å². The quantitative estimate of drug-likeness (QED) is 0.439. The van der Waals surface area contributed by atoms with Gasteiger partial charge in [-0.2, -0.15) is 0 Å². The highest BCUT2D eigenvalue weighted by Gasteiger charge is 2.09. The summed E-state index contributed by atoms with van der Waals surface area (Å²) in [6, 6.07) is 5.27. The number of carbonyl (C=O) groups excluding carboxylic acids is 1. The molecule has 0 amide bonds. The Kier molecular flexibility index (Phi) is 5.93. The van der Waals surface area contributed by atoms with Crippen LogP contribution < -0.4 is 9.47 Å². The van der Waals surface area contributed by atoms with Gasteiger partial charge in [0.25, 0.3) is 0 Å². The summed E-state index contributed by atoms with van der Waals surface area (Å²) in [5.74, 6) is 1.14. The molecule has 1 aromatic rings. The number of benzene rings is 1. The zero-order valence-electron chi connectivity index (χ0n) is 9.24. The third kappa shape index (κ3) is 3.52. The van der Waals surface area contributed by atoms with Crippen molar-refractivity contribution in [3.05, 3.63) is 23.8 Å². The molecule has 1 rings (SSSR count). The van der Waals surface area contributed by atoms with Crippen molar-refractivity contribution in [1.29, 1.82) is 0 Å². The summed E-state index contributed by atoms with van der Waals surface area (Å²) >= 11 is 3.36. The number of hydrogen-bond acceptors (Lipinski definition) is 3. The Hall–Kier alpha value is -1.03. The van der Waals surface area contributed by atoms with Crippen LogP contribution in [0, 0.1) is 0 Å². The van der Waals surface area contributed by atoms with Crippen molar-refractivity contribution in [2.75, 3.05) is 19.0 Å². The van der Waals surface area contributed by atoms with Gasteiger partial charge in [-0.3, -0.25) is 4.79 Å². The lowest BCUT2D eigenvalue weighted by Crippen LogP contribution is -2.02. The summed E-state index contributed by atoms with van der Waals surface area (Å²) in [4.78, 5) is 10.8. The number of para-hydroxylation sites is 1. The molecule has 0 aromatic heterocycles. The first-order valence-corrected chi connectivity index (χ1v) is 6.26. The Bertz CT molecular complexity index is 339. The van der Waals surface area contributed by atoms with Gasteiger partial charge in [-0.1, -0.05) is 22.0 Å². The van der Waals surface area contributed by atoms with E-state index in [0.717, 1.165) is 24.5 Å². The molecule has 4 heteroatoms. The lowest BCUT2D eigenvalue weighted by Gasteiger charge is -2.11. The van der Waals surface area contributed by atoms with Gasteiger partial charge in [0.15, 0.2) is 17.8 Å². The van der Waals surface area contributed by atoms with E-state index in [0.29, 0.717) is 23.7 Å². The van der Waals surface area contributed by atoms with Crippen LogP contribution in [-0.2, 0) is 0 Å². The third-order valence-corrected chi connectivity index (χ3v) is 2.69. The molecule has 0 heterocycles. The van der Waals surface area contributed by atoms with Crippen LogP contribution in [0.4, 0.5) is 0 Å². The number of unbranched alkanes of at least 4 members (excludes halogenated alkanes) is 1. The zero-order valence-corrected chi connectivity index (χ0v) is 10.8. The molecular weight excluding hydrogens is 272 g/mol. The second kappa shape index (κ2) is 7.28. The van der Waals surface area contributed by atoms with Crippen LogP contribution in [0.1, 0.15) is 23.2 Å². The van der Waals surface area contributed by atoms with Crippen molar-refractivity contribution in [2.24, 2.45) is 0 Å². The number of halogens is 1. The number of alkyl halides is 1. The number of methoxy groups -OCH3 is 1. The van der Waals surface area contributed by atoms with Gasteiger partial charge < -0.3 is 9.47 Å². The average Bonchev–Trinajstić information content (AvgIpc) is 2.34. The van der Waals surface area contributed by atoms with Gasteiger partial charge >= 0.3 is 0 Å². The predicted molar refractivity (Wildman–Crippen MR) is 66.9 cm³/mol. The van der Waals surface area contributed by atoms with Gasteiger partial charge in [0, 0.05) is 5.33 Å². The van der Waals surface area contributed by atoms with Gasteiger partial charge in [-0.05, 0) is 25.0 Å². The first kappa shape index (κ1) is 13.0. The molecule has 0 unspecified atom stereocenters. The van der Waals surface area contributed by atoms with Crippen molar-refractivity contribution in [2.45, 2.75) is 12.8 Å². The number of ether oxygens (including phenoxy) is 2. The Morgan fingerprint density at radius 2 is 2.19 bits per heavy atom. The minimum Gasteiger partial charge on any atom is -0.493 e. The second-order valence-electron chi connectivity index (χ2n) is 3.24. The van der Waals surface area contributed by atoms with E-state index in [1.54, 1.807) is 25.3 Å². The lowest BCUT2D eigenvalue weighted by molar-refractivity contribution is 0.111. The van der Waals surface area contributed by atoms with Crippen molar-refractivity contribution in [3.63, 3.8) is 0 Å². The molecule has 0 aliphatic carbocycles. The van der Waals surface area contributed by atoms with Crippen LogP contribution >= 0.6 is 15.9 Å². The van der Waals surface area contributed by atoms with E-state index in [-0.39, 0.29) is 0 Å². The lowest BCUT2D eigenvalue weighted by atomic mass is 10.2. The van der Waals surface area contributed by atoms with Gasteiger partial charge in [-0.25, -0.2) is 0 Å². The highest BCUT2D eigenvalue weighted by atomic mass is 79.9. The Balaban J connectivity index is 2.71. The van der Waals surface area contributed by atoms with E-state index in [9.17, 15) is 4.79 Å². The highest BCUT2D eigenvalue weighted by Crippen LogP contribution is 2.30. The van der Waals surface area contributed by atoms with Crippen molar-refractivity contribution in [1.82, 2.24) is 0 Å². The fourth-order valence-corrected chi connectivity index (χ4v) is 1.71. The summed E-state index contributed by atoms with van der Waals surface area (Å²) in [7, 11) is 1.56. The average molecular weight is 287 g/mol. The van der Waals surface area contributed by atoms with Crippen LogP contribution in [0.2, 0.25) is 0 Å². The van der Waals surface area contributed by atoms with E-state index < -0.39 is 0 Å². The van der Waals surface area contributed by atoms with E-state index in [1.165, 1.54) is 0 Å². The summed E-state index contributed by atoms with van der Waals surface area (Å²) in [5.41, 5.74) is 0.526. The van der Waals surface area contributed by atoms with Crippen molar-refractivity contribution in [3.8, 4) is 11.5 Å². The van der Waals surface area contributed by atoms with Crippen molar-refractivity contribution >= 4 is 22.2 Å². The summed E-state index contributed by atoms with van der Waals surface area (Å²) in [5, 5.41) is 0.961. The Morgan fingerprint density at radius 1 is 1.38 bits per heavy atom. The Labute approximate surface area is 104 Å². The predicted octanol–water partition coefficient (Wildman–Crippen LogP) is 3.06. The topological polar surface area (TPSA) is 35.5 Å². The molecule has 0 spiro atoms. The monoisotopic (exact) mass is 286 g/mol. The molecule has 0 saturated heterocycles. The summed E-state index contributed by atoms with van der Waals surface area (Å²) < 4.78 is 10.7. The normalized spacial score (nSPS) is 9.88. The van der Waals surface area contributed by atoms with Gasteiger partial charge in [0.2, 0.25) is 0 Å². The number of hydrogen-bond donors (Lipinski definition) is 0. The van der Waals surface area contributed by atoms with Gasteiger partial charge in [0.1, 0.15) is 0 Å².